The van der Waals surface area contributed by atoms with Gasteiger partial charge >= 0.3 is 0 Å². The molecule has 1 atom stereocenters. The van der Waals surface area contributed by atoms with Gasteiger partial charge in [-0.15, -0.1) is 10.2 Å². The Morgan fingerprint density at radius 2 is 2.29 bits per heavy atom. The number of carbonyl (C=O) groups excluding carboxylic acids is 1. The lowest BCUT2D eigenvalue weighted by atomic mass is 10.0. The third-order valence-corrected chi connectivity index (χ3v) is 4.60. The quantitative estimate of drug-likeness (QED) is 0.896. The zero-order chi connectivity index (χ0) is 17.1. The Kier molecular flexibility index (Phi) is 5.03. The van der Waals surface area contributed by atoms with Crippen molar-refractivity contribution in [1.82, 2.24) is 25.1 Å². The van der Waals surface area contributed by atoms with Gasteiger partial charge in [-0.05, 0) is 19.3 Å². The van der Waals surface area contributed by atoms with Crippen molar-refractivity contribution in [2.24, 2.45) is 5.92 Å². The van der Waals surface area contributed by atoms with Crippen molar-refractivity contribution in [2.45, 2.75) is 39.5 Å². The molecule has 7 nitrogen and oxygen atoms in total. The van der Waals surface area contributed by atoms with E-state index in [1.54, 1.807) is 5.51 Å². The number of hydrogen-bond donors (Lipinski definition) is 1. The standard InChI is InChI=1S/C16H22N6OS/c1-10(2)6-15(23)22-5-4-12(8-22)13-7-14(19-11(3)18-13)20-16-21-17-9-24-16/h7,9-10,12H,4-6,8H2,1-3H3,(H,18,19,20,21). The Hall–Kier alpha value is -2.09. The molecule has 1 N–H and O–H groups in total. The Morgan fingerprint density at radius 1 is 1.46 bits per heavy atom. The van der Waals surface area contributed by atoms with Crippen molar-refractivity contribution in [3.63, 3.8) is 0 Å². The van der Waals surface area contributed by atoms with Gasteiger partial charge in [0, 0.05) is 31.5 Å². The molecule has 128 valence electrons. The van der Waals surface area contributed by atoms with Crippen LogP contribution < -0.4 is 5.32 Å². The molecule has 1 saturated heterocycles. The number of likely N-dealkylation sites (tertiary alicyclic amines) is 1. The Labute approximate surface area is 145 Å². The Bertz CT molecular complexity index is 703. The lowest BCUT2D eigenvalue weighted by molar-refractivity contribution is -0.130. The summed E-state index contributed by atoms with van der Waals surface area (Å²) < 4.78 is 0. The van der Waals surface area contributed by atoms with Gasteiger partial charge in [-0.3, -0.25) is 4.79 Å². The fourth-order valence-electron chi connectivity index (χ4n) is 2.91. The lowest BCUT2D eigenvalue weighted by Crippen LogP contribution is -2.29. The van der Waals surface area contributed by atoms with E-state index in [1.165, 1.54) is 11.3 Å². The van der Waals surface area contributed by atoms with Crippen LogP contribution in [-0.2, 0) is 4.79 Å². The smallest absolute Gasteiger partial charge is 0.222 e. The van der Waals surface area contributed by atoms with Gasteiger partial charge in [0.2, 0.25) is 11.0 Å². The van der Waals surface area contributed by atoms with Crippen molar-refractivity contribution >= 4 is 28.2 Å². The summed E-state index contributed by atoms with van der Waals surface area (Å²) in [6.45, 7) is 7.57. The van der Waals surface area contributed by atoms with Crippen LogP contribution in [0.4, 0.5) is 10.9 Å². The number of rotatable bonds is 5. The molecule has 0 saturated carbocycles. The highest BCUT2D eigenvalue weighted by Crippen LogP contribution is 2.28. The fraction of sp³-hybridized carbons (Fsp3) is 0.562. The van der Waals surface area contributed by atoms with Crippen LogP contribution in [0.2, 0.25) is 0 Å². The van der Waals surface area contributed by atoms with Crippen LogP contribution in [0.1, 0.15) is 44.1 Å². The first kappa shape index (κ1) is 16.8. The highest BCUT2D eigenvalue weighted by Gasteiger charge is 2.28. The molecule has 2 aromatic heterocycles. The number of nitrogens with one attached hydrogen (secondary N) is 1. The van der Waals surface area contributed by atoms with Gasteiger partial charge in [0.15, 0.2) is 0 Å². The van der Waals surface area contributed by atoms with E-state index < -0.39 is 0 Å². The average Bonchev–Trinajstić information content (AvgIpc) is 3.17. The third kappa shape index (κ3) is 4.05. The van der Waals surface area contributed by atoms with Gasteiger partial charge in [-0.2, -0.15) is 0 Å². The highest BCUT2D eigenvalue weighted by atomic mass is 32.1. The van der Waals surface area contributed by atoms with E-state index in [0.717, 1.165) is 31.0 Å². The predicted molar refractivity (Wildman–Crippen MR) is 93.4 cm³/mol. The zero-order valence-electron chi connectivity index (χ0n) is 14.2. The van der Waals surface area contributed by atoms with Gasteiger partial charge in [0.25, 0.3) is 0 Å². The molecule has 3 rings (SSSR count). The number of aryl methyl sites for hydroxylation is 1. The predicted octanol–water partition coefficient (Wildman–Crippen LogP) is 2.74. The van der Waals surface area contributed by atoms with Crippen LogP contribution in [0.3, 0.4) is 0 Å². The summed E-state index contributed by atoms with van der Waals surface area (Å²) in [4.78, 5) is 23.2. The summed E-state index contributed by atoms with van der Waals surface area (Å²) in [6.07, 6.45) is 1.55. The summed E-state index contributed by atoms with van der Waals surface area (Å²) in [5.41, 5.74) is 2.65. The second-order valence-corrected chi connectivity index (χ2v) is 7.35. The van der Waals surface area contributed by atoms with E-state index in [1.807, 2.05) is 17.9 Å². The molecular formula is C16H22N6OS. The summed E-state index contributed by atoms with van der Waals surface area (Å²) in [7, 11) is 0. The van der Waals surface area contributed by atoms with Crippen molar-refractivity contribution in [1.29, 1.82) is 0 Å². The van der Waals surface area contributed by atoms with Crippen LogP contribution in [0.25, 0.3) is 0 Å². The molecule has 0 radical (unpaired) electrons. The molecule has 0 aliphatic carbocycles. The van der Waals surface area contributed by atoms with E-state index in [0.29, 0.717) is 23.3 Å². The van der Waals surface area contributed by atoms with Crippen LogP contribution >= 0.6 is 11.3 Å². The first-order valence-corrected chi connectivity index (χ1v) is 9.05. The van der Waals surface area contributed by atoms with Crippen LogP contribution in [0.5, 0.6) is 0 Å². The van der Waals surface area contributed by atoms with Gasteiger partial charge in [0.1, 0.15) is 17.2 Å². The van der Waals surface area contributed by atoms with Crippen LogP contribution in [0.15, 0.2) is 11.6 Å². The minimum absolute atomic E-state index is 0.241. The Balaban J connectivity index is 1.71. The number of nitrogens with zero attached hydrogens (tertiary/aromatic N) is 5. The van der Waals surface area contributed by atoms with E-state index in [2.05, 4.69) is 39.3 Å². The van der Waals surface area contributed by atoms with E-state index >= 15 is 0 Å². The topological polar surface area (TPSA) is 83.9 Å². The summed E-state index contributed by atoms with van der Waals surface area (Å²) in [5.74, 6) is 2.33. The van der Waals surface area contributed by atoms with Crippen molar-refractivity contribution in [2.75, 3.05) is 18.4 Å². The normalized spacial score (nSPS) is 17.5. The maximum absolute atomic E-state index is 12.2. The number of anilines is 2. The number of carbonyl (C=O) groups is 1. The summed E-state index contributed by atoms with van der Waals surface area (Å²) in [6, 6.07) is 1.95. The second kappa shape index (κ2) is 7.21. The minimum atomic E-state index is 0.241. The molecule has 0 bridgehead atoms. The second-order valence-electron chi connectivity index (χ2n) is 6.52. The van der Waals surface area contributed by atoms with E-state index in [9.17, 15) is 4.79 Å². The third-order valence-electron chi connectivity index (χ3n) is 3.99. The van der Waals surface area contributed by atoms with Crippen molar-refractivity contribution in [3.05, 3.63) is 23.1 Å². The van der Waals surface area contributed by atoms with Crippen LogP contribution in [-0.4, -0.2) is 44.1 Å². The maximum atomic E-state index is 12.2. The number of amides is 1. The van der Waals surface area contributed by atoms with E-state index in [4.69, 9.17) is 0 Å². The molecule has 1 fully saturated rings. The number of aromatic nitrogens is 4. The molecular weight excluding hydrogens is 324 g/mol. The molecule has 0 spiro atoms. The molecule has 1 aliphatic rings. The molecule has 1 unspecified atom stereocenters. The van der Waals surface area contributed by atoms with Gasteiger partial charge in [-0.1, -0.05) is 25.2 Å². The molecule has 0 aromatic carbocycles. The first-order valence-electron chi connectivity index (χ1n) is 8.18. The summed E-state index contributed by atoms with van der Waals surface area (Å²) in [5, 5.41) is 11.7. The SMILES string of the molecule is Cc1nc(Nc2nncs2)cc(C2CCN(C(=O)CC(C)C)C2)n1. The molecule has 1 amide bonds. The van der Waals surface area contributed by atoms with Gasteiger partial charge < -0.3 is 10.2 Å². The van der Waals surface area contributed by atoms with Crippen LogP contribution in [0, 0.1) is 12.8 Å². The average molecular weight is 346 g/mol. The molecule has 8 heteroatoms. The van der Waals surface area contributed by atoms with Crippen molar-refractivity contribution < 1.29 is 4.79 Å². The highest BCUT2D eigenvalue weighted by molar-refractivity contribution is 7.13. The minimum Gasteiger partial charge on any atom is -0.342 e. The summed E-state index contributed by atoms with van der Waals surface area (Å²) >= 11 is 1.43. The zero-order valence-corrected chi connectivity index (χ0v) is 15.0. The van der Waals surface area contributed by atoms with E-state index in [-0.39, 0.29) is 11.8 Å². The van der Waals surface area contributed by atoms with Gasteiger partial charge in [-0.25, -0.2) is 9.97 Å². The first-order chi connectivity index (χ1) is 11.5. The lowest BCUT2D eigenvalue weighted by Gasteiger charge is -2.18. The monoisotopic (exact) mass is 346 g/mol. The fourth-order valence-corrected chi connectivity index (χ4v) is 3.36. The molecule has 2 aromatic rings. The molecule has 3 heterocycles. The maximum Gasteiger partial charge on any atom is 0.222 e. The largest absolute Gasteiger partial charge is 0.342 e. The molecule has 24 heavy (non-hydrogen) atoms. The Morgan fingerprint density at radius 3 is 3.00 bits per heavy atom. The molecule has 1 aliphatic heterocycles. The number of hydrogen-bond acceptors (Lipinski definition) is 7. The van der Waals surface area contributed by atoms with Crippen molar-refractivity contribution in [3.8, 4) is 0 Å². The van der Waals surface area contributed by atoms with Gasteiger partial charge in [0.05, 0.1) is 5.69 Å².